The summed E-state index contributed by atoms with van der Waals surface area (Å²) in [7, 11) is 1.26. The van der Waals surface area contributed by atoms with Crippen LogP contribution in [0.2, 0.25) is 0 Å². The van der Waals surface area contributed by atoms with Crippen LogP contribution in [0.5, 0.6) is 0 Å². The standard InChI is InChI=1S/C30H30N4O4/c1-38-30(37)33-27(26(23-9-4-2-5-10-23)24-11-6-3-7-12-24)29(36)34-18-8-13-25(34)28(35)32-20-22-16-14-21(19-31)15-17-22/h2-7,9-12,14-17,25-27H,8,13,18,20H2,1H3,(H,32,35)(H,33,37)/t25-,27+/m0/s1. The van der Waals surface area contributed by atoms with Crippen molar-refractivity contribution in [2.24, 2.45) is 0 Å². The Kier molecular flexibility index (Phi) is 8.73. The Labute approximate surface area is 222 Å². The Hall–Kier alpha value is -4.64. The molecule has 0 bridgehead atoms. The summed E-state index contributed by atoms with van der Waals surface area (Å²) in [5, 5.41) is 14.7. The van der Waals surface area contributed by atoms with Gasteiger partial charge in [0, 0.05) is 19.0 Å². The Morgan fingerprint density at radius 1 is 0.974 bits per heavy atom. The first kappa shape index (κ1) is 26.4. The molecule has 3 aromatic rings. The van der Waals surface area contributed by atoms with Crippen LogP contribution in [0.4, 0.5) is 4.79 Å². The predicted molar refractivity (Wildman–Crippen MR) is 142 cm³/mol. The van der Waals surface area contributed by atoms with E-state index in [0.717, 1.165) is 16.7 Å². The third-order valence-electron chi connectivity index (χ3n) is 6.76. The molecule has 0 spiro atoms. The fraction of sp³-hybridized carbons (Fsp3) is 0.267. The fourth-order valence-electron chi connectivity index (χ4n) is 4.86. The number of methoxy groups -OCH3 is 1. The lowest BCUT2D eigenvalue weighted by molar-refractivity contribution is -0.140. The Balaban J connectivity index is 1.59. The van der Waals surface area contributed by atoms with Crippen LogP contribution in [0.15, 0.2) is 84.9 Å². The number of carbonyl (C=O) groups is 3. The fourth-order valence-corrected chi connectivity index (χ4v) is 4.86. The van der Waals surface area contributed by atoms with Gasteiger partial charge in [0.15, 0.2) is 0 Å². The number of hydrogen-bond acceptors (Lipinski definition) is 5. The molecule has 1 aliphatic heterocycles. The third kappa shape index (κ3) is 6.19. The number of ether oxygens (including phenoxy) is 1. The first-order chi connectivity index (χ1) is 18.5. The summed E-state index contributed by atoms with van der Waals surface area (Å²) in [6, 6.07) is 26.4. The number of hydrogen-bond donors (Lipinski definition) is 2. The zero-order chi connectivity index (χ0) is 26.9. The molecule has 0 aliphatic carbocycles. The van der Waals surface area contributed by atoms with Crippen molar-refractivity contribution >= 4 is 17.9 Å². The molecule has 0 radical (unpaired) electrons. The van der Waals surface area contributed by atoms with E-state index in [1.165, 1.54) is 7.11 Å². The maximum atomic E-state index is 14.1. The number of likely N-dealkylation sites (tertiary alicyclic amines) is 1. The van der Waals surface area contributed by atoms with Crippen molar-refractivity contribution in [2.75, 3.05) is 13.7 Å². The maximum Gasteiger partial charge on any atom is 0.407 e. The van der Waals surface area contributed by atoms with E-state index in [1.54, 1.807) is 29.2 Å². The van der Waals surface area contributed by atoms with Crippen molar-refractivity contribution in [1.29, 1.82) is 5.26 Å². The average molecular weight is 511 g/mol. The van der Waals surface area contributed by atoms with E-state index in [0.29, 0.717) is 24.9 Å². The summed E-state index contributed by atoms with van der Waals surface area (Å²) in [5.41, 5.74) is 3.11. The summed E-state index contributed by atoms with van der Waals surface area (Å²) in [5.74, 6) is -1.09. The van der Waals surface area contributed by atoms with E-state index < -0.39 is 24.1 Å². The highest BCUT2D eigenvalue weighted by Gasteiger charge is 2.41. The van der Waals surface area contributed by atoms with Crippen molar-refractivity contribution in [3.63, 3.8) is 0 Å². The Morgan fingerprint density at radius 2 is 1.58 bits per heavy atom. The lowest BCUT2D eigenvalue weighted by Gasteiger charge is -2.33. The number of rotatable bonds is 8. The number of amides is 3. The van der Waals surface area contributed by atoms with E-state index >= 15 is 0 Å². The SMILES string of the molecule is COC(=O)N[C@@H](C(=O)N1CCC[C@H]1C(=O)NCc1ccc(C#N)cc1)C(c1ccccc1)c1ccccc1. The second-order valence-corrected chi connectivity index (χ2v) is 9.13. The minimum absolute atomic E-state index is 0.256. The zero-order valence-electron chi connectivity index (χ0n) is 21.2. The van der Waals surface area contributed by atoms with Gasteiger partial charge in [0.1, 0.15) is 12.1 Å². The van der Waals surface area contributed by atoms with Crippen molar-refractivity contribution < 1.29 is 19.1 Å². The van der Waals surface area contributed by atoms with E-state index in [2.05, 4.69) is 16.7 Å². The van der Waals surface area contributed by atoms with Crippen LogP contribution in [-0.2, 0) is 20.9 Å². The van der Waals surface area contributed by atoms with Gasteiger partial charge in [0.2, 0.25) is 11.8 Å². The molecule has 2 N–H and O–H groups in total. The summed E-state index contributed by atoms with van der Waals surface area (Å²) >= 11 is 0. The van der Waals surface area contributed by atoms with Gasteiger partial charge in [-0.25, -0.2) is 4.79 Å². The molecular weight excluding hydrogens is 480 g/mol. The minimum Gasteiger partial charge on any atom is -0.453 e. The number of nitrogens with zero attached hydrogens (tertiary/aromatic N) is 2. The summed E-state index contributed by atoms with van der Waals surface area (Å²) in [4.78, 5) is 41.3. The molecule has 0 saturated carbocycles. The molecule has 2 atom stereocenters. The van der Waals surface area contributed by atoms with Gasteiger partial charge < -0.3 is 20.3 Å². The molecule has 8 nitrogen and oxygen atoms in total. The molecule has 1 fully saturated rings. The maximum absolute atomic E-state index is 14.1. The van der Waals surface area contributed by atoms with Gasteiger partial charge in [0.05, 0.1) is 18.7 Å². The number of nitriles is 1. The summed E-state index contributed by atoms with van der Waals surface area (Å²) in [6.07, 6.45) is 0.478. The van der Waals surface area contributed by atoms with Crippen LogP contribution in [0, 0.1) is 11.3 Å². The van der Waals surface area contributed by atoms with Gasteiger partial charge in [-0.1, -0.05) is 72.8 Å². The lowest BCUT2D eigenvalue weighted by Crippen LogP contribution is -2.55. The number of alkyl carbamates (subject to hydrolysis) is 1. The smallest absolute Gasteiger partial charge is 0.407 e. The third-order valence-corrected chi connectivity index (χ3v) is 6.76. The van der Waals surface area contributed by atoms with Crippen molar-refractivity contribution in [1.82, 2.24) is 15.5 Å². The molecule has 1 aliphatic rings. The van der Waals surface area contributed by atoms with Crippen LogP contribution < -0.4 is 10.6 Å². The van der Waals surface area contributed by atoms with Crippen molar-refractivity contribution in [2.45, 2.75) is 37.4 Å². The van der Waals surface area contributed by atoms with Crippen LogP contribution in [0.3, 0.4) is 0 Å². The molecule has 194 valence electrons. The highest BCUT2D eigenvalue weighted by Crippen LogP contribution is 2.31. The van der Waals surface area contributed by atoms with Gasteiger partial charge in [0.25, 0.3) is 0 Å². The Bertz CT molecular complexity index is 1250. The second-order valence-electron chi connectivity index (χ2n) is 9.13. The summed E-state index contributed by atoms with van der Waals surface area (Å²) in [6.45, 7) is 0.688. The number of carbonyl (C=O) groups excluding carboxylic acids is 3. The van der Waals surface area contributed by atoms with Gasteiger partial charge >= 0.3 is 6.09 Å². The predicted octanol–water partition coefficient (Wildman–Crippen LogP) is 3.72. The van der Waals surface area contributed by atoms with Crippen molar-refractivity contribution in [3.05, 3.63) is 107 Å². The molecule has 4 rings (SSSR count). The van der Waals surface area contributed by atoms with Crippen LogP contribution in [-0.4, -0.2) is 48.5 Å². The first-order valence-corrected chi connectivity index (χ1v) is 12.5. The monoisotopic (exact) mass is 510 g/mol. The quantitative estimate of drug-likeness (QED) is 0.480. The van der Waals surface area contributed by atoms with E-state index in [4.69, 9.17) is 10.00 Å². The summed E-state index contributed by atoms with van der Waals surface area (Å²) < 4.78 is 4.87. The van der Waals surface area contributed by atoms with Gasteiger partial charge in [-0.3, -0.25) is 9.59 Å². The molecule has 1 heterocycles. The Morgan fingerprint density at radius 3 is 2.13 bits per heavy atom. The average Bonchev–Trinajstić information content (AvgIpc) is 3.47. The van der Waals surface area contributed by atoms with Crippen LogP contribution in [0.25, 0.3) is 0 Å². The highest BCUT2D eigenvalue weighted by atomic mass is 16.5. The molecule has 8 heteroatoms. The number of nitrogens with one attached hydrogen (secondary N) is 2. The molecular formula is C30H30N4O4. The van der Waals surface area contributed by atoms with Crippen molar-refractivity contribution in [3.8, 4) is 6.07 Å². The molecule has 1 saturated heterocycles. The van der Waals surface area contributed by atoms with Gasteiger partial charge in [-0.05, 0) is 41.7 Å². The topological polar surface area (TPSA) is 112 Å². The normalized spacial score (nSPS) is 15.4. The van der Waals surface area contributed by atoms with Gasteiger partial charge in [-0.2, -0.15) is 5.26 Å². The minimum atomic E-state index is -0.987. The van der Waals surface area contributed by atoms with E-state index in [1.807, 2.05) is 60.7 Å². The first-order valence-electron chi connectivity index (χ1n) is 12.5. The lowest BCUT2D eigenvalue weighted by atomic mass is 9.84. The van der Waals surface area contributed by atoms with Crippen LogP contribution >= 0.6 is 0 Å². The highest BCUT2D eigenvalue weighted by molar-refractivity contribution is 5.93. The molecule has 0 aromatic heterocycles. The number of benzene rings is 3. The molecule has 3 aromatic carbocycles. The largest absolute Gasteiger partial charge is 0.453 e. The van der Waals surface area contributed by atoms with E-state index in [-0.39, 0.29) is 18.4 Å². The van der Waals surface area contributed by atoms with Crippen LogP contribution in [0.1, 0.15) is 41.0 Å². The van der Waals surface area contributed by atoms with Gasteiger partial charge in [-0.15, -0.1) is 0 Å². The van der Waals surface area contributed by atoms with E-state index in [9.17, 15) is 14.4 Å². The molecule has 0 unspecified atom stereocenters. The molecule has 3 amide bonds. The molecule has 38 heavy (non-hydrogen) atoms. The zero-order valence-corrected chi connectivity index (χ0v) is 21.2. The second kappa shape index (κ2) is 12.5.